The van der Waals surface area contributed by atoms with E-state index in [9.17, 15) is 4.79 Å². The van der Waals surface area contributed by atoms with Gasteiger partial charge in [-0.05, 0) is 34.6 Å². The number of amides is 1. The Labute approximate surface area is 134 Å². The van der Waals surface area contributed by atoms with Gasteiger partial charge in [-0.15, -0.1) is 0 Å². The number of rotatable bonds is 2. The van der Waals surface area contributed by atoms with Crippen LogP contribution in [0.5, 0.6) is 0 Å². The quantitative estimate of drug-likeness (QED) is 0.833. The Morgan fingerprint density at radius 3 is 2.68 bits per heavy atom. The predicted octanol–water partition coefficient (Wildman–Crippen LogP) is 1.30. The first-order valence-corrected chi connectivity index (χ1v) is 8.31. The van der Waals surface area contributed by atoms with E-state index in [1.807, 2.05) is 25.7 Å². The number of morpholine rings is 1. The van der Waals surface area contributed by atoms with Gasteiger partial charge >= 0.3 is 6.09 Å². The normalized spacial score (nSPS) is 31.1. The van der Waals surface area contributed by atoms with Gasteiger partial charge in [-0.3, -0.25) is 4.90 Å². The van der Waals surface area contributed by atoms with Crippen molar-refractivity contribution in [2.45, 2.75) is 58.3 Å². The van der Waals surface area contributed by atoms with Crippen LogP contribution in [0.3, 0.4) is 0 Å². The fraction of sp³-hybridized carbons (Fsp3) is 0.938. The van der Waals surface area contributed by atoms with Crippen LogP contribution in [0.15, 0.2) is 0 Å². The first kappa shape index (κ1) is 17.5. The Hall–Kier alpha value is -0.850. The predicted molar refractivity (Wildman–Crippen MR) is 86.0 cm³/mol. The van der Waals surface area contributed by atoms with E-state index >= 15 is 0 Å². The summed E-state index contributed by atoms with van der Waals surface area (Å²) in [5.74, 6) is 0. The number of piperazine rings is 1. The Morgan fingerprint density at radius 1 is 1.32 bits per heavy atom. The third kappa shape index (κ3) is 4.83. The topological polar surface area (TPSA) is 54.0 Å². The standard InChI is InChI=1S/C16H31N3O3/c1-12-8-17-14(9-18-6-7-21-11-13(18)2)10-19(12)15(20)22-16(3,4)5/h12-14,17H,6-11H2,1-5H3/t12?,13-,14?/m1/s1. The molecule has 2 fully saturated rings. The van der Waals surface area contributed by atoms with Crippen molar-refractivity contribution in [3.63, 3.8) is 0 Å². The van der Waals surface area contributed by atoms with Gasteiger partial charge in [0.05, 0.1) is 13.2 Å². The van der Waals surface area contributed by atoms with Crippen LogP contribution in [0.25, 0.3) is 0 Å². The van der Waals surface area contributed by atoms with Crippen molar-refractivity contribution in [3.8, 4) is 0 Å². The highest BCUT2D eigenvalue weighted by molar-refractivity contribution is 5.68. The minimum atomic E-state index is -0.449. The number of ether oxygens (including phenoxy) is 2. The molecule has 0 bridgehead atoms. The molecule has 0 spiro atoms. The summed E-state index contributed by atoms with van der Waals surface area (Å²) < 4.78 is 11.0. The largest absolute Gasteiger partial charge is 0.444 e. The molecule has 2 saturated heterocycles. The highest BCUT2D eigenvalue weighted by atomic mass is 16.6. The molecule has 2 aliphatic heterocycles. The Morgan fingerprint density at radius 2 is 2.05 bits per heavy atom. The number of nitrogens with one attached hydrogen (secondary N) is 1. The molecule has 0 aromatic carbocycles. The number of carbonyl (C=O) groups is 1. The van der Waals surface area contributed by atoms with Gasteiger partial charge in [0.15, 0.2) is 0 Å². The molecule has 128 valence electrons. The fourth-order valence-electron chi connectivity index (χ4n) is 2.94. The summed E-state index contributed by atoms with van der Waals surface area (Å²) in [7, 11) is 0. The third-order valence-electron chi connectivity index (χ3n) is 4.24. The number of nitrogens with zero attached hydrogens (tertiary/aromatic N) is 2. The molecule has 2 rings (SSSR count). The summed E-state index contributed by atoms with van der Waals surface area (Å²) in [6.45, 7) is 15.0. The minimum absolute atomic E-state index is 0.160. The molecule has 2 unspecified atom stereocenters. The lowest BCUT2D eigenvalue weighted by Crippen LogP contribution is -2.61. The van der Waals surface area contributed by atoms with Gasteiger partial charge in [0.25, 0.3) is 0 Å². The Balaban J connectivity index is 1.91. The maximum atomic E-state index is 12.4. The second-order valence-corrected chi connectivity index (χ2v) is 7.51. The first-order chi connectivity index (χ1) is 10.3. The average Bonchev–Trinajstić information content (AvgIpc) is 2.41. The van der Waals surface area contributed by atoms with Crippen LogP contribution in [0.2, 0.25) is 0 Å². The SMILES string of the molecule is CC1CNC(CN2CCOC[C@H]2C)CN1C(=O)OC(C)(C)C. The summed E-state index contributed by atoms with van der Waals surface area (Å²) >= 11 is 0. The summed E-state index contributed by atoms with van der Waals surface area (Å²) in [4.78, 5) is 16.7. The molecule has 2 aliphatic rings. The molecule has 0 aromatic rings. The van der Waals surface area contributed by atoms with Crippen LogP contribution in [0, 0.1) is 0 Å². The zero-order valence-corrected chi connectivity index (χ0v) is 14.6. The van der Waals surface area contributed by atoms with E-state index < -0.39 is 5.60 Å². The van der Waals surface area contributed by atoms with Crippen molar-refractivity contribution in [1.29, 1.82) is 0 Å². The van der Waals surface area contributed by atoms with E-state index in [2.05, 4.69) is 24.1 Å². The van der Waals surface area contributed by atoms with Crippen molar-refractivity contribution in [3.05, 3.63) is 0 Å². The number of carbonyl (C=O) groups excluding carboxylic acids is 1. The molecular weight excluding hydrogens is 282 g/mol. The van der Waals surface area contributed by atoms with E-state index in [1.54, 1.807) is 0 Å². The Bertz CT molecular complexity index is 383. The fourth-order valence-corrected chi connectivity index (χ4v) is 2.94. The lowest BCUT2D eigenvalue weighted by molar-refractivity contribution is -0.0154. The van der Waals surface area contributed by atoms with E-state index in [0.717, 1.165) is 32.8 Å². The van der Waals surface area contributed by atoms with Gasteiger partial charge < -0.3 is 19.7 Å². The van der Waals surface area contributed by atoms with Crippen molar-refractivity contribution >= 4 is 6.09 Å². The molecule has 22 heavy (non-hydrogen) atoms. The van der Waals surface area contributed by atoms with E-state index in [-0.39, 0.29) is 18.2 Å². The molecule has 1 N–H and O–H groups in total. The molecule has 6 heteroatoms. The van der Waals surface area contributed by atoms with Gasteiger partial charge in [0.2, 0.25) is 0 Å². The highest BCUT2D eigenvalue weighted by Crippen LogP contribution is 2.16. The van der Waals surface area contributed by atoms with Crippen molar-refractivity contribution in [2.24, 2.45) is 0 Å². The summed E-state index contributed by atoms with van der Waals surface area (Å²) in [6.07, 6.45) is -0.207. The maximum Gasteiger partial charge on any atom is 0.410 e. The minimum Gasteiger partial charge on any atom is -0.444 e. The van der Waals surface area contributed by atoms with E-state index in [4.69, 9.17) is 9.47 Å². The van der Waals surface area contributed by atoms with Gasteiger partial charge in [0.1, 0.15) is 5.60 Å². The number of hydrogen-bond donors (Lipinski definition) is 1. The van der Waals surface area contributed by atoms with E-state index in [0.29, 0.717) is 12.6 Å². The molecule has 0 radical (unpaired) electrons. The summed E-state index contributed by atoms with van der Waals surface area (Å²) in [6, 6.07) is 0.877. The summed E-state index contributed by atoms with van der Waals surface area (Å²) in [5, 5.41) is 3.55. The Kier molecular flexibility index (Phi) is 5.69. The molecular formula is C16H31N3O3. The smallest absolute Gasteiger partial charge is 0.410 e. The lowest BCUT2D eigenvalue weighted by atomic mass is 10.1. The average molecular weight is 313 g/mol. The number of hydrogen-bond acceptors (Lipinski definition) is 5. The molecule has 0 aliphatic carbocycles. The highest BCUT2D eigenvalue weighted by Gasteiger charge is 2.33. The van der Waals surface area contributed by atoms with Crippen molar-refractivity contribution < 1.29 is 14.3 Å². The van der Waals surface area contributed by atoms with Crippen molar-refractivity contribution in [1.82, 2.24) is 15.1 Å². The van der Waals surface area contributed by atoms with Gasteiger partial charge in [0, 0.05) is 44.3 Å². The lowest BCUT2D eigenvalue weighted by Gasteiger charge is -2.42. The van der Waals surface area contributed by atoms with Crippen LogP contribution >= 0.6 is 0 Å². The van der Waals surface area contributed by atoms with Crippen LogP contribution in [-0.2, 0) is 9.47 Å². The van der Waals surface area contributed by atoms with Crippen molar-refractivity contribution in [2.75, 3.05) is 39.4 Å². The maximum absolute atomic E-state index is 12.4. The van der Waals surface area contributed by atoms with Crippen LogP contribution in [0.4, 0.5) is 4.79 Å². The molecule has 2 heterocycles. The molecule has 0 aromatic heterocycles. The zero-order valence-electron chi connectivity index (χ0n) is 14.6. The molecule has 1 amide bonds. The summed E-state index contributed by atoms with van der Waals surface area (Å²) in [5.41, 5.74) is -0.449. The van der Waals surface area contributed by atoms with Crippen LogP contribution in [-0.4, -0.2) is 79.0 Å². The zero-order chi connectivity index (χ0) is 16.3. The second kappa shape index (κ2) is 7.15. The second-order valence-electron chi connectivity index (χ2n) is 7.51. The molecule has 6 nitrogen and oxygen atoms in total. The van der Waals surface area contributed by atoms with Gasteiger partial charge in [-0.25, -0.2) is 4.79 Å². The first-order valence-electron chi connectivity index (χ1n) is 8.31. The molecule has 3 atom stereocenters. The monoisotopic (exact) mass is 313 g/mol. The van der Waals surface area contributed by atoms with E-state index in [1.165, 1.54) is 0 Å². The van der Waals surface area contributed by atoms with Gasteiger partial charge in [-0.2, -0.15) is 0 Å². The molecule has 0 saturated carbocycles. The van der Waals surface area contributed by atoms with Crippen LogP contribution in [0.1, 0.15) is 34.6 Å². The third-order valence-corrected chi connectivity index (χ3v) is 4.24. The van der Waals surface area contributed by atoms with Crippen LogP contribution < -0.4 is 5.32 Å². The van der Waals surface area contributed by atoms with Gasteiger partial charge in [-0.1, -0.05) is 0 Å².